The summed E-state index contributed by atoms with van der Waals surface area (Å²) in [4.78, 5) is 14.7. The largest absolute Gasteiger partial charge is 0.351 e. The van der Waals surface area contributed by atoms with Gasteiger partial charge in [0.15, 0.2) is 0 Å². The van der Waals surface area contributed by atoms with Crippen molar-refractivity contribution in [1.82, 2.24) is 15.5 Å². The number of amides is 1. The first kappa shape index (κ1) is 16.5. The van der Waals surface area contributed by atoms with Gasteiger partial charge in [0.1, 0.15) is 0 Å². The van der Waals surface area contributed by atoms with Gasteiger partial charge in [-0.25, -0.2) is 0 Å². The highest BCUT2D eigenvalue weighted by molar-refractivity contribution is 5.82. The molecule has 0 saturated carbocycles. The Hall–Kier alpha value is -1.39. The molecule has 3 rings (SSSR count). The van der Waals surface area contributed by atoms with Crippen molar-refractivity contribution in [2.75, 3.05) is 19.6 Å². The number of nitrogens with one attached hydrogen (secondary N) is 2. The van der Waals surface area contributed by atoms with E-state index >= 15 is 0 Å². The quantitative estimate of drug-likeness (QED) is 0.876. The fourth-order valence-electron chi connectivity index (χ4n) is 3.77. The Morgan fingerprint density at radius 3 is 2.83 bits per heavy atom. The minimum Gasteiger partial charge on any atom is -0.351 e. The molecule has 4 nitrogen and oxygen atoms in total. The Kier molecular flexibility index (Phi) is 5.68. The number of piperidine rings is 1. The Morgan fingerprint density at radius 1 is 1.26 bits per heavy atom. The number of likely N-dealkylation sites (tertiary alicyclic amines) is 1. The van der Waals surface area contributed by atoms with Crippen LogP contribution in [0.25, 0.3) is 0 Å². The zero-order valence-corrected chi connectivity index (χ0v) is 14.2. The molecule has 0 radical (unpaired) electrons. The zero-order valence-electron chi connectivity index (χ0n) is 14.2. The average molecular weight is 315 g/mol. The standard InChI is InChI=1S/C19H29N3O/c1-15-6-5-11-22(13-15)14-17-8-3-2-7-16(17)12-21-19(23)18-9-4-10-20-18/h2-3,7-8,15,18,20H,4-6,9-14H2,1H3,(H,21,23). The molecule has 2 aliphatic rings. The highest BCUT2D eigenvalue weighted by atomic mass is 16.2. The second-order valence-electron chi connectivity index (χ2n) is 7.12. The third kappa shape index (κ3) is 4.55. The molecule has 1 aromatic carbocycles. The lowest BCUT2D eigenvalue weighted by molar-refractivity contribution is -0.122. The van der Waals surface area contributed by atoms with Crippen molar-refractivity contribution in [3.05, 3.63) is 35.4 Å². The Balaban J connectivity index is 1.57. The van der Waals surface area contributed by atoms with Crippen LogP contribution in [0.5, 0.6) is 0 Å². The highest BCUT2D eigenvalue weighted by Gasteiger charge is 2.22. The highest BCUT2D eigenvalue weighted by Crippen LogP contribution is 2.19. The van der Waals surface area contributed by atoms with E-state index in [1.165, 1.54) is 37.1 Å². The van der Waals surface area contributed by atoms with Gasteiger partial charge in [-0.3, -0.25) is 9.69 Å². The molecule has 0 aliphatic carbocycles. The summed E-state index contributed by atoms with van der Waals surface area (Å²) in [6.45, 7) is 7.31. The fraction of sp³-hybridized carbons (Fsp3) is 0.632. The van der Waals surface area contributed by atoms with Crippen molar-refractivity contribution >= 4 is 5.91 Å². The lowest BCUT2D eigenvalue weighted by Gasteiger charge is -2.31. The van der Waals surface area contributed by atoms with Gasteiger partial charge in [0.2, 0.25) is 5.91 Å². The third-order valence-corrected chi connectivity index (χ3v) is 5.08. The molecule has 2 fully saturated rings. The SMILES string of the molecule is CC1CCCN(Cc2ccccc2CNC(=O)C2CCCN2)C1. The summed E-state index contributed by atoms with van der Waals surface area (Å²) in [6.07, 6.45) is 4.71. The fourth-order valence-corrected chi connectivity index (χ4v) is 3.77. The minimum absolute atomic E-state index is 0.00473. The average Bonchev–Trinajstić information content (AvgIpc) is 3.08. The second-order valence-corrected chi connectivity index (χ2v) is 7.12. The van der Waals surface area contributed by atoms with E-state index in [2.05, 4.69) is 46.7 Å². The van der Waals surface area contributed by atoms with E-state index < -0.39 is 0 Å². The van der Waals surface area contributed by atoms with E-state index in [0.717, 1.165) is 31.8 Å². The van der Waals surface area contributed by atoms with Gasteiger partial charge < -0.3 is 10.6 Å². The van der Waals surface area contributed by atoms with Gasteiger partial charge in [0, 0.05) is 19.6 Å². The number of hydrogen-bond acceptors (Lipinski definition) is 3. The summed E-state index contributed by atoms with van der Waals surface area (Å²) in [5.41, 5.74) is 2.60. The topological polar surface area (TPSA) is 44.4 Å². The van der Waals surface area contributed by atoms with Gasteiger partial charge in [-0.05, 0) is 55.8 Å². The summed E-state index contributed by atoms with van der Waals surface area (Å²) < 4.78 is 0. The lowest BCUT2D eigenvalue weighted by Crippen LogP contribution is -2.40. The van der Waals surface area contributed by atoms with Crippen LogP contribution in [0.4, 0.5) is 0 Å². The molecule has 23 heavy (non-hydrogen) atoms. The number of carbonyl (C=O) groups is 1. The lowest BCUT2D eigenvalue weighted by atomic mass is 9.99. The number of hydrogen-bond donors (Lipinski definition) is 2. The predicted molar refractivity (Wildman–Crippen MR) is 93.0 cm³/mol. The molecule has 1 amide bonds. The molecule has 0 aromatic heterocycles. The van der Waals surface area contributed by atoms with Gasteiger partial charge >= 0.3 is 0 Å². The van der Waals surface area contributed by atoms with Crippen LogP contribution in [0, 0.1) is 5.92 Å². The van der Waals surface area contributed by atoms with Gasteiger partial charge in [-0.2, -0.15) is 0 Å². The molecular weight excluding hydrogens is 286 g/mol. The third-order valence-electron chi connectivity index (χ3n) is 5.08. The van der Waals surface area contributed by atoms with Crippen LogP contribution in [-0.2, 0) is 17.9 Å². The van der Waals surface area contributed by atoms with Gasteiger partial charge in [-0.1, -0.05) is 31.2 Å². The van der Waals surface area contributed by atoms with E-state index in [-0.39, 0.29) is 11.9 Å². The monoisotopic (exact) mass is 315 g/mol. The summed E-state index contributed by atoms with van der Waals surface area (Å²) >= 11 is 0. The maximum atomic E-state index is 12.2. The second kappa shape index (κ2) is 7.93. The smallest absolute Gasteiger partial charge is 0.237 e. The maximum Gasteiger partial charge on any atom is 0.237 e. The first-order valence-corrected chi connectivity index (χ1v) is 9.02. The molecule has 2 saturated heterocycles. The van der Waals surface area contributed by atoms with Crippen molar-refractivity contribution in [3.63, 3.8) is 0 Å². The molecule has 2 heterocycles. The molecule has 4 heteroatoms. The minimum atomic E-state index is 0.00473. The molecule has 2 aliphatic heterocycles. The normalized spacial score (nSPS) is 25.4. The van der Waals surface area contributed by atoms with Gasteiger partial charge in [0.25, 0.3) is 0 Å². The van der Waals surface area contributed by atoms with Crippen LogP contribution in [0.3, 0.4) is 0 Å². The molecule has 2 N–H and O–H groups in total. The van der Waals surface area contributed by atoms with E-state index in [9.17, 15) is 4.79 Å². The van der Waals surface area contributed by atoms with Crippen LogP contribution >= 0.6 is 0 Å². The number of rotatable bonds is 5. The molecule has 2 atom stereocenters. The zero-order chi connectivity index (χ0) is 16.1. The van der Waals surface area contributed by atoms with Crippen LogP contribution < -0.4 is 10.6 Å². The number of nitrogens with zero attached hydrogens (tertiary/aromatic N) is 1. The van der Waals surface area contributed by atoms with Gasteiger partial charge in [-0.15, -0.1) is 0 Å². The molecular formula is C19H29N3O. The van der Waals surface area contributed by atoms with Crippen LogP contribution in [0.1, 0.15) is 43.7 Å². The van der Waals surface area contributed by atoms with Crippen molar-refractivity contribution < 1.29 is 4.79 Å². The van der Waals surface area contributed by atoms with E-state index in [1.807, 2.05) is 0 Å². The summed E-state index contributed by atoms with van der Waals surface area (Å²) in [5, 5.41) is 6.36. The molecule has 0 spiro atoms. The van der Waals surface area contributed by atoms with Crippen LogP contribution in [0.2, 0.25) is 0 Å². The van der Waals surface area contributed by atoms with E-state index in [1.54, 1.807) is 0 Å². The van der Waals surface area contributed by atoms with E-state index in [4.69, 9.17) is 0 Å². The Labute approximate surface area is 139 Å². The van der Waals surface area contributed by atoms with Crippen LogP contribution in [-0.4, -0.2) is 36.5 Å². The first-order chi connectivity index (χ1) is 11.2. The van der Waals surface area contributed by atoms with Gasteiger partial charge in [0.05, 0.1) is 6.04 Å². The molecule has 1 aromatic rings. The maximum absolute atomic E-state index is 12.2. The summed E-state index contributed by atoms with van der Waals surface area (Å²) in [5.74, 6) is 0.938. The molecule has 126 valence electrons. The first-order valence-electron chi connectivity index (χ1n) is 9.02. The van der Waals surface area contributed by atoms with E-state index in [0.29, 0.717) is 6.54 Å². The summed E-state index contributed by atoms with van der Waals surface area (Å²) in [7, 11) is 0. The number of benzene rings is 1. The van der Waals surface area contributed by atoms with Crippen molar-refractivity contribution in [1.29, 1.82) is 0 Å². The number of carbonyl (C=O) groups excluding carboxylic acids is 1. The molecule has 2 unspecified atom stereocenters. The van der Waals surface area contributed by atoms with Crippen molar-refractivity contribution in [2.45, 2.75) is 51.7 Å². The Morgan fingerprint density at radius 2 is 2.09 bits per heavy atom. The van der Waals surface area contributed by atoms with Crippen LogP contribution in [0.15, 0.2) is 24.3 Å². The van der Waals surface area contributed by atoms with Crippen molar-refractivity contribution in [2.24, 2.45) is 5.92 Å². The predicted octanol–water partition coefficient (Wildman–Crippen LogP) is 2.29. The summed E-state index contributed by atoms with van der Waals surface area (Å²) in [6, 6.07) is 8.52. The molecule has 0 bridgehead atoms. The Bertz CT molecular complexity index is 525. The van der Waals surface area contributed by atoms with Crippen molar-refractivity contribution in [3.8, 4) is 0 Å².